The van der Waals surface area contributed by atoms with Crippen LogP contribution in [0, 0.1) is 0 Å². The van der Waals surface area contributed by atoms with Crippen LogP contribution in [0.25, 0.3) is 0 Å². The maximum atomic E-state index is 3.99. The van der Waals surface area contributed by atoms with Gasteiger partial charge >= 0.3 is 0 Å². The zero-order chi connectivity index (χ0) is 12.1. The molecular formula is C14H17N3. The third-order valence-electron chi connectivity index (χ3n) is 2.63. The minimum absolute atomic E-state index is 0.831. The van der Waals surface area contributed by atoms with Crippen molar-refractivity contribution in [2.75, 3.05) is 24.3 Å². The number of hydrogen-bond acceptors (Lipinski definition) is 3. The van der Waals surface area contributed by atoms with Crippen LogP contribution in [0.2, 0.25) is 0 Å². The lowest BCUT2D eigenvalue weighted by molar-refractivity contribution is 1.11. The van der Waals surface area contributed by atoms with Gasteiger partial charge in [0.15, 0.2) is 0 Å². The molecule has 1 aromatic heterocycles. The fourth-order valence-electron chi connectivity index (χ4n) is 1.59. The van der Waals surface area contributed by atoms with E-state index in [2.05, 4.69) is 39.5 Å². The van der Waals surface area contributed by atoms with Crippen LogP contribution in [0.4, 0.5) is 11.4 Å². The maximum absolute atomic E-state index is 3.99. The summed E-state index contributed by atoms with van der Waals surface area (Å²) >= 11 is 0. The molecule has 0 aliphatic carbocycles. The smallest absolute Gasteiger partial charge is 0.0400 e. The number of benzene rings is 1. The van der Waals surface area contributed by atoms with Crippen molar-refractivity contribution in [3.8, 4) is 0 Å². The van der Waals surface area contributed by atoms with Gasteiger partial charge in [-0.1, -0.05) is 12.1 Å². The Hall–Kier alpha value is -2.03. The molecule has 0 saturated heterocycles. The van der Waals surface area contributed by atoms with Gasteiger partial charge in [0.1, 0.15) is 0 Å². The average molecular weight is 227 g/mol. The summed E-state index contributed by atoms with van der Waals surface area (Å²) in [6.45, 7) is 0.831. The molecule has 17 heavy (non-hydrogen) atoms. The van der Waals surface area contributed by atoms with Crippen molar-refractivity contribution in [1.29, 1.82) is 0 Å². The number of pyridine rings is 1. The standard InChI is InChI=1S/C14H17N3/c1-17(2)14-5-3-12(4-6-14)11-16-13-7-9-15-10-8-13/h3-10H,11H2,1-2H3,(H,15,16). The van der Waals surface area contributed by atoms with Crippen LogP contribution < -0.4 is 10.2 Å². The van der Waals surface area contributed by atoms with E-state index in [1.54, 1.807) is 12.4 Å². The van der Waals surface area contributed by atoms with Crippen LogP contribution in [0.5, 0.6) is 0 Å². The third-order valence-corrected chi connectivity index (χ3v) is 2.63. The summed E-state index contributed by atoms with van der Waals surface area (Å²) in [5.74, 6) is 0. The molecule has 0 unspecified atom stereocenters. The molecule has 0 aliphatic rings. The van der Waals surface area contributed by atoms with E-state index >= 15 is 0 Å². The first kappa shape index (κ1) is 11.5. The normalized spacial score (nSPS) is 10.0. The van der Waals surface area contributed by atoms with E-state index in [4.69, 9.17) is 0 Å². The Morgan fingerprint density at radius 3 is 2.24 bits per heavy atom. The fourth-order valence-corrected chi connectivity index (χ4v) is 1.59. The van der Waals surface area contributed by atoms with Gasteiger partial charge in [0.2, 0.25) is 0 Å². The van der Waals surface area contributed by atoms with Crippen molar-refractivity contribution in [2.24, 2.45) is 0 Å². The van der Waals surface area contributed by atoms with Crippen molar-refractivity contribution >= 4 is 11.4 Å². The quantitative estimate of drug-likeness (QED) is 0.870. The zero-order valence-electron chi connectivity index (χ0n) is 10.2. The Kier molecular flexibility index (Phi) is 3.60. The number of nitrogens with zero attached hydrogens (tertiary/aromatic N) is 2. The van der Waals surface area contributed by atoms with E-state index in [1.807, 2.05) is 26.2 Å². The molecule has 3 nitrogen and oxygen atoms in total. The highest BCUT2D eigenvalue weighted by Gasteiger charge is 1.96. The highest BCUT2D eigenvalue weighted by molar-refractivity contribution is 5.47. The highest BCUT2D eigenvalue weighted by Crippen LogP contribution is 2.13. The molecule has 88 valence electrons. The summed E-state index contributed by atoms with van der Waals surface area (Å²) in [6.07, 6.45) is 3.58. The third kappa shape index (κ3) is 3.21. The van der Waals surface area contributed by atoms with Gasteiger partial charge in [-0.2, -0.15) is 0 Å². The SMILES string of the molecule is CN(C)c1ccc(CNc2ccncc2)cc1. The molecule has 1 aromatic carbocycles. The molecule has 2 rings (SSSR count). The molecule has 1 heterocycles. The van der Waals surface area contributed by atoms with Crippen LogP contribution in [0.15, 0.2) is 48.8 Å². The second-order valence-electron chi connectivity index (χ2n) is 4.15. The first-order valence-corrected chi connectivity index (χ1v) is 5.66. The summed E-state index contributed by atoms with van der Waals surface area (Å²) in [7, 11) is 4.09. The number of anilines is 2. The van der Waals surface area contributed by atoms with Crippen molar-refractivity contribution in [3.05, 3.63) is 54.4 Å². The second kappa shape index (κ2) is 5.34. The second-order valence-corrected chi connectivity index (χ2v) is 4.15. The van der Waals surface area contributed by atoms with E-state index in [-0.39, 0.29) is 0 Å². The molecule has 0 aliphatic heterocycles. The van der Waals surface area contributed by atoms with Gasteiger partial charge in [-0.05, 0) is 29.8 Å². The summed E-state index contributed by atoms with van der Waals surface area (Å²) in [5, 5.41) is 3.36. The number of aromatic nitrogens is 1. The molecule has 2 aromatic rings. The predicted molar refractivity (Wildman–Crippen MR) is 72.3 cm³/mol. The van der Waals surface area contributed by atoms with Gasteiger partial charge < -0.3 is 10.2 Å². The van der Waals surface area contributed by atoms with Gasteiger partial charge in [0, 0.05) is 44.4 Å². The van der Waals surface area contributed by atoms with Crippen molar-refractivity contribution < 1.29 is 0 Å². The predicted octanol–water partition coefficient (Wildman–Crippen LogP) is 2.76. The van der Waals surface area contributed by atoms with Crippen molar-refractivity contribution in [1.82, 2.24) is 4.98 Å². The molecule has 0 amide bonds. The van der Waals surface area contributed by atoms with E-state index in [1.165, 1.54) is 11.3 Å². The van der Waals surface area contributed by atoms with E-state index < -0.39 is 0 Å². The summed E-state index contributed by atoms with van der Waals surface area (Å²) < 4.78 is 0. The van der Waals surface area contributed by atoms with Gasteiger partial charge in [-0.15, -0.1) is 0 Å². The van der Waals surface area contributed by atoms with Crippen molar-refractivity contribution in [3.63, 3.8) is 0 Å². The van der Waals surface area contributed by atoms with Crippen LogP contribution in [0.1, 0.15) is 5.56 Å². The monoisotopic (exact) mass is 227 g/mol. The lowest BCUT2D eigenvalue weighted by Crippen LogP contribution is -2.08. The number of hydrogen-bond donors (Lipinski definition) is 1. The summed E-state index contributed by atoms with van der Waals surface area (Å²) in [6, 6.07) is 12.5. The Bertz CT molecular complexity index is 449. The lowest BCUT2D eigenvalue weighted by atomic mass is 10.2. The topological polar surface area (TPSA) is 28.2 Å². The fraction of sp³-hybridized carbons (Fsp3) is 0.214. The first-order valence-electron chi connectivity index (χ1n) is 5.66. The number of rotatable bonds is 4. The minimum atomic E-state index is 0.831. The van der Waals surface area contributed by atoms with Crippen LogP contribution in [-0.2, 0) is 6.54 Å². The van der Waals surface area contributed by atoms with E-state index in [0.29, 0.717) is 0 Å². The average Bonchev–Trinajstić information content (AvgIpc) is 2.38. The molecule has 0 atom stereocenters. The summed E-state index contributed by atoms with van der Waals surface area (Å²) in [5.41, 5.74) is 3.58. The Balaban J connectivity index is 1.96. The van der Waals surface area contributed by atoms with Gasteiger partial charge in [0.05, 0.1) is 0 Å². The maximum Gasteiger partial charge on any atom is 0.0400 e. The van der Waals surface area contributed by atoms with E-state index in [0.717, 1.165) is 12.2 Å². The van der Waals surface area contributed by atoms with Crippen LogP contribution in [0.3, 0.4) is 0 Å². The highest BCUT2D eigenvalue weighted by atomic mass is 15.1. The van der Waals surface area contributed by atoms with Gasteiger partial charge in [-0.25, -0.2) is 0 Å². The van der Waals surface area contributed by atoms with Crippen LogP contribution >= 0.6 is 0 Å². The number of nitrogens with one attached hydrogen (secondary N) is 1. The first-order chi connectivity index (χ1) is 8.25. The van der Waals surface area contributed by atoms with Crippen LogP contribution in [-0.4, -0.2) is 19.1 Å². The minimum Gasteiger partial charge on any atom is -0.381 e. The molecule has 3 heteroatoms. The molecule has 0 radical (unpaired) electrons. The zero-order valence-corrected chi connectivity index (χ0v) is 10.2. The largest absolute Gasteiger partial charge is 0.381 e. The molecule has 0 fully saturated rings. The van der Waals surface area contributed by atoms with Gasteiger partial charge in [0.25, 0.3) is 0 Å². The van der Waals surface area contributed by atoms with E-state index in [9.17, 15) is 0 Å². The van der Waals surface area contributed by atoms with Gasteiger partial charge in [-0.3, -0.25) is 4.98 Å². The Morgan fingerprint density at radius 2 is 1.65 bits per heavy atom. The molecule has 1 N–H and O–H groups in total. The molecule has 0 spiro atoms. The molecular weight excluding hydrogens is 210 g/mol. The Morgan fingerprint density at radius 1 is 1.00 bits per heavy atom. The lowest BCUT2D eigenvalue weighted by Gasteiger charge is -2.13. The summed E-state index contributed by atoms with van der Waals surface area (Å²) in [4.78, 5) is 6.08. The molecule has 0 bridgehead atoms. The Labute approximate surface area is 102 Å². The molecule has 0 saturated carbocycles. The van der Waals surface area contributed by atoms with Crippen molar-refractivity contribution in [2.45, 2.75) is 6.54 Å².